The Kier molecular flexibility index (Phi) is 3.35. The number of halogens is 1. The van der Waals surface area contributed by atoms with Crippen LogP contribution in [-0.2, 0) is 4.74 Å². The van der Waals surface area contributed by atoms with Crippen molar-refractivity contribution < 1.29 is 4.74 Å². The van der Waals surface area contributed by atoms with E-state index < -0.39 is 0 Å². The minimum Gasteiger partial charge on any atom is -0.382 e. The number of hydrogen-bond donors (Lipinski definition) is 1. The van der Waals surface area contributed by atoms with Crippen LogP contribution in [0.3, 0.4) is 0 Å². The number of hydrogen-bond acceptors (Lipinski definition) is 4. The minimum absolute atomic E-state index is 0.157. The second-order valence-electron chi connectivity index (χ2n) is 4.62. The molecule has 2 heterocycles. The Labute approximate surface area is 121 Å². The maximum atomic E-state index is 9.32. The Hall–Kier alpha value is -2.03. The van der Waals surface area contributed by atoms with E-state index in [4.69, 9.17) is 22.1 Å². The highest BCUT2D eigenvalue weighted by molar-refractivity contribution is 6.32. The summed E-state index contributed by atoms with van der Waals surface area (Å²) in [7, 11) is 0. The molecule has 1 fully saturated rings. The largest absolute Gasteiger partial charge is 0.382 e. The average molecular weight is 289 g/mol. The van der Waals surface area contributed by atoms with Crippen molar-refractivity contribution in [2.45, 2.75) is 18.9 Å². The zero-order chi connectivity index (χ0) is 14.1. The number of nitrogens with zero attached hydrogens (tertiary/aromatic N) is 3. The van der Waals surface area contributed by atoms with E-state index >= 15 is 0 Å². The van der Waals surface area contributed by atoms with Crippen LogP contribution >= 0.6 is 11.6 Å². The molecule has 0 radical (unpaired) electrons. The van der Waals surface area contributed by atoms with Gasteiger partial charge in [0.15, 0.2) is 0 Å². The van der Waals surface area contributed by atoms with Gasteiger partial charge in [0.05, 0.1) is 10.7 Å². The van der Waals surface area contributed by atoms with Crippen molar-refractivity contribution in [1.29, 1.82) is 5.26 Å². The van der Waals surface area contributed by atoms with E-state index in [1.54, 1.807) is 6.07 Å². The summed E-state index contributed by atoms with van der Waals surface area (Å²) in [5.41, 5.74) is 7.68. The van der Waals surface area contributed by atoms with Crippen LogP contribution in [0.2, 0.25) is 5.02 Å². The highest BCUT2D eigenvalue weighted by Crippen LogP contribution is 2.34. The van der Waals surface area contributed by atoms with Crippen molar-refractivity contribution >= 4 is 17.4 Å². The lowest BCUT2D eigenvalue weighted by Crippen LogP contribution is -2.03. The van der Waals surface area contributed by atoms with E-state index in [-0.39, 0.29) is 6.10 Å². The van der Waals surface area contributed by atoms with Crippen LogP contribution in [0.15, 0.2) is 24.3 Å². The Balaban J connectivity index is 2.14. The molecule has 20 heavy (non-hydrogen) atoms. The van der Waals surface area contributed by atoms with Crippen molar-refractivity contribution in [2.24, 2.45) is 0 Å². The first-order valence-corrected chi connectivity index (χ1v) is 6.75. The van der Waals surface area contributed by atoms with E-state index in [9.17, 15) is 5.26 Å². The number of ether oxygens (including phenoxy) is 1. The summed E-state index contributed by atoms with van der Waals surface area (Å²) in [5.74, 6) is 0.297. The Morgan fingerprint density at radius 2 is 2.25 bits per heavy atom. The van der Waals surface area contributed by atoms with Gasteiger partial charge in [-0.25, -0.2) is 4.68 Å². The van der Waals surface area contributed by atoms with Crippen molar-refractivity contribution in [3.8, 4) is 11.8 Å². The van der Waals surface area contributed by atoms with Gasteiger partial charge in [0.25, 0.3) is 0 Å². The zero-order valence-corrected chi connectivity index (χ0v) is 11.5. The van der Waals surface area contributed by atoms with Crippen LogP contribution in [0.4, 0.5) is 5.82 Å². The number of anilines is 1. The molecule has 6 heteroatoms. The molecule has 1 saturated heterocycles. The fourth-order valence-electron chi connectivity index (χ4n) is 2.39. The van der Waals surface area contributed by atoms with Crippen LogP contribution in [0.5, 0.6) is 0 Å². The van der Waals surface area contributed by atoms with Gasteiger partial charge in [-0.1, -0.05) is 23.7 Å². The van der Waals surface area contributed by atoms with Gasteiger partial charge in [-0.15, -0.1) is 0 Å². The van der Waals surface area contributed by atoms with E-state index in [1.807, 2.05) is 18.2 Å². The van der Waals surface area contributed by atoms with Gasteiger partial charge in [-0.2, -0.15) is 10.4 Å². The number of nitriles is 1. The zero-order valence-electron chi connectivity index (χ0n) is 10.7. The van der Waals surface area contributed by atoms with Crippen LogP contribution in [0.1, 0.15) is 30.2 Å². The van der Waals surface area contributed by atoms with Gasteiger partial charge in [0, 0.05) is 6.61 Å². The number of para-hydroxylation sites is 1. The van der Waals surface area contributed by atoms with Crippen molar-refractivity contribution in [1.82, 2.24) is 9.78 Å². The number of nitrogen functional groups attached to an aromatic ring is 1. The molecule has 2 N–H and O–H groups in total. The molecule has 1 atom stereocenters. The highest BCUT2D eigenvalue weighted by atomic mass is 35.5. The van der Waals surface area contributed by atoms with Gasteiger partial charge < -0.3 is 10.5 Å². The summed E-state index contributed by atoms with van der Waals surface area (Å²) in [6, 6.07) is 9.37. The molecule has 1 aliphatic heterocycles. The second-order valence-corrected chi connectivity index (χ2v) is 5.03. The maximum Gasteiger partial charge on any atom is 0.145 e. The molecule has 102 valence electrons. The first-order valence-electron chi connectivity index (χ1n) is 6.37. The number of benzene rings is 1. The molecule has 2 aromatic rings. The summed E-state index contributed by atoms with van der Waals surface area (Å²) in [4.78, 5) is 0. The number of nitrogens with two attached hydrogens (primary N) is 1. The molecule has 0 unspecified atom stereocenters. The molecular formula is C14H13ClN4O. The third kappa shape index (κ3) is 2.03. The molecule has 0 bridgehead atoms. The Morgan fingerprint density at radius 3 is 2.90 bits per heavy atom. The van der Waals surface area contributed by atoms with Crippen molar-refractivity contribution in [2.75, 3.05) is 12.3 Å². The van der Waals surface area contributed by atoms with Crippen LogP contribution < -0.4 is 5.73 Å². The van der Waals surface area contributed by atoms with Gasteiger partial charge in [-0.05, 0) is 25.0 Å². The molecule has 1 aromatic heterocycles. The molecule has 5 nitrogen and oxygen atoms in total. The molecule has 0 spiro atoms. The molecular weight excluding hydrogens is 276 g/mol. The van der Waals surface area contributed by atoms with Gasteiger partial charge in [-0.3, -0.25) is 0 Å². The molecule has 0 aliphatic carbocycles. The molecule has 0 saturated carbocycles. The minimum atomic E-state index is -0.157. The normalized spacial score (nSPS) is 18.1. The standard InChI is InChI=1S/C14H13ClN4O/c15-10-4-1-2-5-11(10)19-14(17)9(8-16)13(18-19)12-6-3-7-20-12/h1-2,4-5,12H,3,6-7,17H2/t12-/m0/s1. The first-order chi connectivity index (χ1) is 9.72. The molecule has 0 amide bonds. The lowest BCUT2D eigenvalue weighted by Gasteiger charge is -2.06. The van der Waals surface area contributed by atoms with Crippen molar-refractivity contribution in [3.05, 3.63) is 40.5 Å². The van der Waals surface area contributed by atoms with E-state index in [0.717, 1.165) is 12.8 Å². The predicted octanol–water partition coefficient (Wildman–Crippen LogP) is 2.83. The van der Waals surface area contributed by atoms with E-state index in [0.29, 0.717) is 34.4 Å². The molecule has 3 rings (SSSR count). The fourth-order valence-corrected chi connectivity index (χ4v) is 2.60. The SMILES string of the molecule is N#Cc1c([C@@H]2CCCO2)nn(-c2ccccc2Cl)c1N. The summed E-state index contributed by atoms with van der Waals surface area (Å²) < 4.78 is 7.11. The third-order valence-electron chi connectivity index (χ3n) is 3.38. The number of aromatic nitrogens is 2. The molecule has 1 aromatic carbocycles. The summed E-state index contributed by atoms with van der Waals surface area (Å²) in [5, 5.41) is 14.3. The quantitative estimate of drug-likeness (QED) is 0.922. The third-order valence-corrected chi connectivity index (χ3v) is 3.69. The highest BCUT2D eigenvalue weighted by Gasteiger charge is 2.27. The Morgan fingerprint density at radius 1 is 1.45 bits per heavy atom. The summed E-state index contributed by atoms with van der Waals surface area (Å²) in [6.07, 6.45) is 1.66. The van der Waals surface area contributed by atoms with Crippen LogP contribution in [0.25, 0.3) is 5.69 Å². The smallest absolute Gasteiger partial charge is 0.145 e. The monoisotopic (exact) mass is 288 g/mol. The Bertz CT molecular complexity index is 683. The van der Waals surface area contributed by atoms with E-state index in [2.05, 4.69) is 11.2 Å². The van der Waals surface area contributed by atoms with Gasteiger partial charge in [0.1, 0.15) is 29.2 Å². The fraction of sp³-hybridized carbons (Fsp3) is 0.286. The van der Waals surface area contributed by atoms with Gasteiger partial charge in [0.2, 0.25) is 0 Å². The van der Waals surface area contributed by atoms with Crippen molar-refractivity contribution in [3.63, 3.8) is 0 Å². The maximum absolute atomic E-state index is 9.32. The summed E-state index contributed by atoms with van der Waals surface area (Å²) >= 11 is 6.16. The van der Waals surface area contributed by atoms with Crippen LogP contribution in [-0.4, -0.2) is 16.4 Å². The number of rotatable bonds is 2. The van der Waals surface area contributed by atoms with E-state index in [1.165, 1.54) is 4.68 Å². The average Bonchev–Trinajstić information content (AvgIpc) is 3.07. The van der Waals surface area contributed by atoms with Crippen LogP contribution in [0, 0.1) is 11.3 Å². The predicted molar refractivity (Wildman–Crippen MR) is 75.6 cm³/mol. The summed E-state index contributed by atoms with van der Waals surface area (Å²) in [6.45, 7) is 0.689. The lowest BCUT2D eigenvalue weighted by molar-refractivity contribution is 0.108. The lowest BCUT2D eigenvalue weighted by atomic mass is 10.1. The molecule has 1 aliphatic rings. The second kappa shape index (κ2) is 5.16. The first kappa shape index (κ1) is 13.0. The topological polar surface area (TPSA) is 76.9 Å². The van der Waals surface area contributed by atoms with Gasteiger partial charge >= 0.3 is 0 Å².